The van der Waals surface area contributed by atoms with E-state index in [2.05, 4.69) is 32.4 Å². The Morgan fingerprint density at radius 3 is 2.60 bits per heavy atom. The smallest absolute Gasteiger partial charge is 0.0352 e. The summed E-state index contributed by atoms with van der Waals surface area (Å²) in [7, 11) is 0. The molecule has 0 aromatic carbocycles. The van der Waals surface area contributed by atoms with Gasteiger partial charge in [0.05, 0.1) is 0 Å². The maximum absolute atomic E-state index is 2.29. The minimum atomic E-state index is 1.13. The van der Waals surface area contributed by atoms with Crippen molar-refractivity contribution in [3.05, 3.63) is 18.6 Å². The number of hydrogen-bond donors (Lipinski definition) is 0. The maximum Gasteiger partial charge on any atom is -0.0352 e. The van der Waals surface area contributed by atoms with Gasteiger partial charge in [-0.25, -0.2) is 0 Å². The Balaban J connectivity index is 2.88. The van der Waals surface area contributed by atoms with E-state index >= 15 is 0 Å². The Hall–Kier alpha value is -0.260. The topological polar surface area (TPSA) is 0 Å². The standard InChI is InChI=1S/C10H19/c1-3-5-7-9-10-8-6-4-2/h3,7,9H,4-6,8,10H2,1-2H3/q-1/b9-7-. The summed E-state index contributed by atoms with van der Waals surface area (Å²) in [6.45, 7) is 4.33. The molecule has 0 N–H and O–H groups in total. The molecule has 0 radical (unpaired) electrons. The molecule has 0 unspecified atom stereocenters. The Kier molecular flexibility index (Phi) is 8.51. The molecule has 0 heteroatoms. The third-order valence-electron chi connectivity index (χ3n) is 1.51. The molecule has 0 aromatic heterocycles. The number of rotatable bonds is 6. The molecular weight excluding hydrogens is 120 g/mol. The molecular formula is C10H19-. The summed E-state index contributed by atoms with van der Waals surface area (Å²) < 4.78 is 0. The zero-order valence-electron chi connectivity index (χ0n) is 7.27. The average Bonchev–Trinajstić information content (AvgIpc) is 1.97. The van der Waals surface area contributed by atoms with Gasteiger partial charge >= 0.3 is 0 Å². The van der Waals surface area contributed by atoms with Crippen LogP contribution in [0.4, 0.5) is 0 Å². The molecule has 0 aliphatic carbocycles. The first-order chi connectivity index (χ1) is 4.91. The second-order valence-electron chi connectivity index (χ2n) is 2.61. The van der Waals surface area contributed by atoms with Crippen LogP contribution in [0.25, 0.3) is 0 Å². The maximum atomic E-state index is 2.29. The fourth-order valence-corrected chi connectivity index (χ4v) is 0.862. The van der Waals surface area contributed by atoms with Crippen molar-refractivity contribution in [2.75, 3.05) is 0 Å². The van der Waals surface area contributed by atoms with Crippen molar-refractivity contribution >= 4 is 0 Å². The van der Waals surface area contributed by atoms with Crippen LogP contribution in [0.2, 0.25) is 0 Å². The minimum Gasteiger partial charge on any atom is -0.328 e. The van der Waals surface area contributed by atoms with Crippen molar-refractivity contribution in [3.8, 4) is 0 Å². The van der Waals surface area contributed by atoms with Crippen LogP contribution in [0, 0.1) is 6.42 Å². The third-order valence-corrected chi connectivity index (χ3v) is 1.51. The van der Waals surface area contributed by atoms with E-state index in [1.54, 1.807) is 0 Å². The van der Waals surface area contributed by atoms with Crippen LogP contribution in [-0.4, -0.2) is 0 Å². The number of allylic oxidation sites excluding steroid dienone is 2. The van der Waals surface area contributed by atoms with E-state index in [0.29, 0.717) is 0 Å². The van der Waals surface area contributed by atoms with Crippen LogP contribution in [0.5, 0.6) is 0 Å². The molecule has 0 saturated heterocycles. The average molecular weight is 139 g/mol. The predicted octanol–water partition coefficient (Wildman–Crippen LogP) is 3.74. The zero-order valence-corrected chi connectivity index (χ0v) is 7.27. The number of unbranched alkanes of at least 4 members (excludes halogenated alkanes) is 4. The van der Waals surface area contributed by atoms with Gasteiger partial charge in [-0.05, 0) is 12.8 Å². The highest BCUT2D eigenvalue weighted by molar-refractivity contribution is 4.84. The molecule has 0 spiro atoms. The minimum absolute atomic E-state index is 1.13. The Morgan fingerprint density at radius 1 is 1.20 bits per heavy atom. The second-order valence-corrected chi connectivity index (χ2v) is 2.61. The van der Waals surface area contributed by atoms with E-state index in [1.165, 1.54) is 25.7 Å². The normalized spacial score (nSPS) is 11.0. The van der Waals surface area contributed by atoms with Crippen LogP contribution >= 0.6 is 0 Å². The molecule has 0 rings (SSSR count). The molecule has 0 bridgehead atoms. The Labute approximate surface area is 65.3 Å². The summed E-state index contributed by atoms with van der Waals surface area (Å²) in [6, 6.07) is 0. The van der Waals surface area contributed by atoms with E-state index in [1.807, 2.05) is 0 Å². The van der Waals surface area contributed by atoms with Gasteiger partial charge in [-0.2, -0.15) is 13.3 Å². The summed E-state index contributed by atoms with van der Waals surface area (Å²) in [4.78, 5) is 0. The van der Waals surface area contributed by atoms with Crippen molar-refractivity contribution < 1.29 is 0 Å². The summed E-state index contributed by atoms with van der Waals surface area (Å²) >= 11 is 0. The largest absolute Gasteiger partial charge is 0.328 e. The second kappa shape index (κ2) is 8.74. The zero-order chi connectivity index (χ0) is 7.66. The highest BCUT2D eigenvalue weighted by atomic mass is 13.9. The third kappa shape index (κ3) is 7.74. The lowest BCUT2D eigenvalue weighted by Crippen LogP contribution is -1.70. The molecule has 60 valence electrons. The Morgan fingerprint density at radius 2 is 2.00 bits per heavy atom. The van der Waals surface area contributed by atoms with Crippen LogP contribution < -0.4 is 0 Å². The molecule has 0 fully saturated rings. The quantitative estimate of drug-likeness (QED) is 0.299. The van der Waals surface area contributed by atoms with Gasteiger partial charge in [0.25, 0.3) is 0 Å². The molecule has 0 heterocycles. The summed E-state index contributed by atoms with van der Waals surface area (Å²) in [6.07, 6.45) is 13.2. The van der Waals surface area contributed by atoms with Crippen molar-refractivity contribution in [3.63, 3.8) is 0 Å². The molecule has 0 nitrogen and oxygen atoms in total. The van der Waals surface area contributed by atoms with E-state index in [0.717, 1.165) is 6.42 Å². The fraction of sp³-hybridized carbons (Fsp3) is 0.700. The van der Waals surface area contributed by atoms with Crippen molar-refractivity contribution in [1.82, 2.24) is 0 Å². The summed E-state index contributed by atoms with van der Waals surface area (Å²) in [5, 5.41) is 0. The van der Waals surface area contributed by atoms with Gasteiger partial charge in [-0.1, -0.05) is 25.8 Å². The van der Waals surface area contributed by atoms with Gasteiger partial charge in [0, 0.05) is 0 Å². The fourth-order valence-electron chi connectivity index (χ4n) is 0.862. The molecule has 0 aliphatic heterocycles. The van der Waals surface area contributed by atoms with Crippen molar-refractivity contribution in [1.29, 1.82) is 0 Å². The number of hydrogen-bond acceptors (Lipinski definition) is 0. The van der Waals surface area contributed by atoms with Gasteiger partial charge in [0.2, 0.25) is 0 Å². The lowest BCUT2D eigenvalue weighted by molar-refractivity contribution is 0.728. The SMILES string of the molecule is C[CH-]C/C=C\CCCCC. The van der Waals surface area contributed by atoms with E-state index < -0.39 is 0 Å². The molecule has 10 heavy (non-hydrogen) atoms. The lowest BCUT2D eigenvalue weighted by Gasteiger charge is -1.95. The van der Waals surface area contributed by atoms with Crippen LogP contribution in [0.15, 0.2) is 12.2 Å². The van der Waals surface area contributed by atoms with Gasteiger partial charge < -0.3 is 6.42 Å². The first-order valence-corrected chi connectivity index (χ1v) is 4.34. The van der Waals surface area contributed by atoms with Gasteiger partial charge in [0.15, 0.2) is 0 Å². The first-order valence-electron chi connectivity index (χ1n) is 4.34. The summed E-state index contributed by atoms with van der Waals surface area (Å²) in [5.74, 6) is 0. The monoisotopic (exact) mass is 139 g/mol. The van der Waals surface area contributed by atoms with E-state index in [-0.39, 0.29) is 0 Å². The van der Waals surface area contributed by atoms with Crippen molar-refractivity contribution in [2.24, 2.45) is 0 Å². The highest BCUT2D eigenvalue weighted by Crippen LogP contribution is 2.00. The van der Waals surface area contributed by atoms with E-state index in [4.69, 9.17) is 0 Å². The van der Waals surface area contributed by atoms with Gasteiger partial charge in [-0.15, -0.1) is 6.08 Å². The van der Waals surface area contributed by atoms with Gasteiger partial charge in [0.1, 0.15) is 0 Å². The molecule has 0 aliphatic rings. The Bertz CT molecular complexity index is 72.1. The van der Waals surface area contributed by atoms with Crippen molar-refractivity contribution in [2.45, 2.75) is 46.0 Å². The highest BCUT2D eigenvalue weighted by Gasteiger charge is 1.79. The summed E-state index contributed by atoms with van der Waals surface area (Å²) in [5.41, 5.74) is 0. The lowest BCUT2D eigenvalue weighted by atomic mass is 10.2. The molecule has 0 amide bonds. The first kappa shape index (κ1) is 9.74. The molecule has 0 saturated carbocycles. The van der Waals surface area contributed by atoms with Crippen LogP contribution in [0.3, 0.4) is 0 Å². The molecule has 0 atom stereocenters. The van der Waals surface area contributed by atoms with Gasteiger partial charge in [-0.3, -0.25) is 0 Å². The predicted molar refractivity (Wildman–Crippen MR) is 47.9 cm³/mol. The van der Waals surface area contributed by atoms with Crippen LogP contribution in [0.1, 0.15) is 46.0 Å². The molecule has 0 aromatic rings. The van der Waals surface area contributed by atoms with Crippen LogP contribution in [-0.2, 0) is 0 Å². The van der Waals surface area contributed by atoms with E-state index in [9.17, 15) is 0 Å².